The van der Waals surface area contributed by atoms with E-state index in [-0.39, 0.29) is 5.91 Å². The van der Waals surface area contributed by atoms with Crippen molar-refractivity contribution < 1.29 is 9.53 Å². The molecule has 2 rings (SSSR count). The molecule has 122 valence electrons. The largest absolute Gasteiger partial charge is 0.494 e. The van der Waals surface area contributed by atoms with Crippen LogP contribution in [-0.2, 0) is 0 Å². The molecule has 4 nitrogen and oxygen atoms in total. The Balaban J connectivity index is 1.73. The van der Waals surface area contributed by atoms with E-state index < -0.39 is 0 Å². The number of ether oxygens (including phenoxy) is 1. The Bertz CT molecular complexity index is 627. The second-order valence-electron chi connectivity index (χ2n) is 5.32. The van der Waals surface area contributed by atoms with Gasteiger partial charge < -0.3 is 15.4 Å². The van der Waals surface area contributed by atoms with Gasteiger partial charge >= 0.3 is 0 Å². The number of amides is 1. The number of carbonyl (C=O) groups is 1. The number of para-hydroxylation sites is 1. The van der Waals surface area contributed by atoms with Crippen LogP contribution >= 0.6 is 0 Å². The maximum Gasteiger partial charge on any atom is 0.251 e. The molecule has 0 spiro atoms. The molecule has 0 fully saturated rings. The minimum absolute atomic E-state index is 0.0455. The predicted octanol–water partition coefficient (Wildman–Crippen LogP) is 3.63. The maximum absolute atomic E-state index is 12.1. The quantitative estimate of drug-likeness (QED) is 0.732. The van der Waals surface area contributed by atoms with Crippen molar-refractivity contribution in [3.05, 3.63) is 59.7 Å². The van der Waals surface area contributed by atoms with Crippen molar-refractivity contribution >= 4 is 11.6 Å². The van der Waals surface area contributed by atoms with Gasteiger partial charge in [-0.15, -0.1) is 0 Å². The Hall–Kier alpha value is -2.49. The molecule has 0 aromatic heterocycles. The number of aryl methyl sites for hydroxylation is 1. The average Bonchev–Trinajstić information content (AvgIpc) is 2.57. The first-order valence-electron chi connectivity index (χ1n) is 8.01. The highest BCUT2D eigenvalue weighted by Gasteiger charge is 2.07. The van der Waals surface area contributed by atoms with Gasteiger partial charge in [-0.1, -0.05) is 18.2 Å². The molecule has 0 heterocycles. The Morgan fingerprint density at radius 2 is 1.87 bits per heavy atom. The number of hydrogen-bond acceptors (Lipinski definition) is 3. The molecule has 0 radical (unpaired) electrons. The van der Waals surface area contributed by atoms with Crippen molar-refractivity contribution in [2.45, 2.75) is 20.3 Å². The van der Waals surface area contributed by atoms with E-state index >= 15 is 0 Å². The number of hydrogen-bond donors (Lipinski definition) is 2. The minimum Gasteiger partial charge on any atom is -0.494 e. The lowest BCUT2D eigenvalue weighted by Crippen LogP contribution is -2.25. The zero-order valence-corrected chi connectivity index (χ0v) is 13.8. The van der Waals surface area contributed by atoms with Crippen molar-refractivity contribution in [2.24, 2.45) is 0 Å². The van der Waals surface area contributed by atoms with Crippen LogP contribution in [0, 0.1) is 6.92 Å². The summed E-state index contributed by atoms with van der Waals surface area (Å²) in [6, 6.07) is 15.6. The third-order valence-electron chi connectivity index (χ3n) is 3.48. The van der Waals surface area contributed by atoms with E-state index in [1.807, 2.05) is 56.3 Å². The molecular weight excluding hydrogens is 288 g/mol. The van der Waals surface area contributed by atoms with Crippen LogP contribution in [0.25, 0.3) is 0 Å². The van der Waals surface area contributed by atoms with Gasteiger partial charge in [0.15, 0.2) is 0 Å². The molecule has 0 saturated heterocycles. The van der Waals surface area contributed by atoms with E-state index in [4.69, 9.17) is 4.74 Å². The van der Waals surface area contributed by atoms with Gasteiger partial charge in [0, 0.05) is 24.3 Å². The van der Waals surface area contributed by atoms with Gasteiger partial charge in [0.05, 0.1) is 6.61 Å². The van der Waals surface area contributed by atoms with Crippen LogP contribution in [0.4, 0.5) is 5.69 Å². The van der Waals surface area contributed by atoms with Crippen molar-refractivity contribution in [3.63, 3.8) is 0 Å². The van der Waals surface area contributed by atoms with Crippen molar-refractivity contribution in [1.29, 1.82) is 0 Å². The normalized spacial score (nSPS) is 10.2. The van der Waals surface area contributed by atoms with Gasteiger partial charge in [0.25, 0.3) is 5.91 Å². The molecule has 1 amide bonds. The topological polar surface area (TPSA) is 50.4 Å². The van der Waals surface area contributed by atoms with Crippen LogP contribution in [0.1, 0.15) is 29.3 Å². The lowest BCUT2D eigenvalue weighted by atomic mass is 10.1. The first kappa shape index (κ1) is 16.9. The predicted molar refractivity (Wildman–Crippen MR) is 94.2 cm³/mol. The molecule has 0 aliphatic carbocycles. The molecule has 23 heavy (non-hydrogen) atoms. The van der Waals surface area contributed by atoms with Gasteiger partial charge in [0.1, 0.15) is 5.75 Å². The van der Waals surface area contributed by atoms with E-state index in [0.717, 1.165) is 30.0 Å². The van der Waals surface area contributed by atoms with Crippen LogP contribution in [0.15, 0.2) is 48.5 Å². The van der Waals surface area contributed by atoms with Gasteiger partial charge in [-0.25, -0.2) is 0 Å². The molecule has 0 saturated carbocycles. The standard InChI is InChI=1S/C19H24N2O2/c1-3-23-18-11-10-16(14-15(18)2)19(22)21-13-7-12-20-17-8-5-4-6-9-17/h4-6,8-11,14,20H,3,7,12-13H2,1-2H3,(H,21,22). The van der Waals surface area contributed by atoms with Crippen molar-refractivity contribution in [3.8, 4) is 5.75 Å². The van der Waals surface area contributed by atoms with Crippen LogP contribution in [0.5, 0.6) is 5.75 Å². The lowest BCUT2D eigenvalue weighted by Gasteiger charge is -2.10. The average molecular weight is 312 g/mol. The Morgan fingerprint density at radius 1 is 1.09 bits per heavy atom. The highest BCUT2D eigenvalue weighted by atomic mass is 16.5. The van der Waals surface area contributed by atoms with Crippen LogP contribution in [-0.4, -0.2) is 25.6 Å². The fourth-order valence-electron chi connectivity index (χ4n) is 2.29. The molecule has 2 N–H and O–H groups in total. The summed E-state index contributed by atoms with van der Waals surface area (Å²) in [4.78, 5) is 12.1. The summed E-state index contributed by atoms with van der Waals surface area (Å²) in [6.07, 6.45) is 0.872. The van der Waals surface area contributed by atoms with Crippen LogP contribution in [0.3, 0.4) is 0 Å². The fraction of sp³-hybridized carbons (Fsp3) is 0.316. The van der Waals surface area contributed by atoms with Gasteiger partial charge in [-0.2, -0.15) is 0 Å². The zero-order chi connectivity index (χ0) is 16.5. The Kier molecular flexibility index (Phi) is 6.48. The first-order valence-corrected chi connectivity index (χ1v) is 8.01. The molecule has 2 aromatic rings. The first-order chi connectivity index (χ1) is 11.2. The molecular formula is C19H24N2O2. The summed E-state index contributed by atoms with van der Waals surface area (Å²) in [5.74, 6) is 0.784. The third kappa shape index (κ3) is 5.33. The smallest absolute Gasteiger partial charge is 0.251 e. The molecule has 0 unspecified atom stereocenters. The van der Waals surface area contributed by atoms with Crippen molar-refractivity contribution in [2.75, 3.05) is 25.0 Å². The van der Waals surface area contributed by atoms with Gasteiger partial charge in [-0.05, 0) is 56.2 Å². The fourth-order valence-corrected chi connectivity index (χ4v) is 2.29. The highest BCUT2D eigenvalue weighted by Crippen LogP contribution is 2.19. The molecule has 0 atom stereocenters. The SMILES string of the molecule is CCOc1ccc(C(=O)NCCCNc2ccccc2)cc1C. The minimum atomic E-state index is -0.0455. The zero-order valence-electron chi connectivity index (χ0n) is 13.8. The summed E-state index contributed by atoms with van der Waals surface area (Å²) in [6.45, 7) is 5.99. The summed E-state index contributed by atoms with van der Waals surface area (Å²) < 4.78 is 5.49. The second-order valence-corrected chi connectivity index (χ2v) is 5.32. The number of anilines is 1. The van der Waals surface area contributed by atoms with Crippen molar-refractivity contribution in [1.82, 2.24) is 5.32 Å². The summed E-state index contributed by atoms with van der Waals surface area (Å²) >= 11 is 0. The summed E-state index contributed by atoms with van der Waals surface area (Å²) in [7, 11) is 0. The van der Waals surface area contributed by atoms with E-state index in [1.165, 1.54) is 0 Å². The number of rotatable bonds is 8. The monoisotopic (exact) mass is 312 g/mol. The second kappa shape index (κ2) is 8.83. The summed E-state index contributed by atoms with van der Waals surface area (Å²) in [5.41, 5.74) is 2.74. The molecule has 4 heteroatoms. The lowest BCUT2D eigenvalue weighted by molar-refractivity contribution is 0.0953. The number of nitrogens with one attached hydrogen (secondary N) is 2. The molecule has 0 aliphatic heterocycles. The number of benzene rings is 2. The summed E-state index contributed by atoms with van der Waals surface area (Å²) in [5, 5.41) is 6.27. The number of carbonyl (C=O) groups excluding carboxylic acids is 1. The molecule has 0 aliphatic rings. The third-order valence-corrected chi connectivity index (χ3v) is 3.48. The maximum atomic E-state index is 12.1. The van der Waals surface area contributed by atoms with E-state index in [1.54, 1.807) is 6.07 Å². The van der Waals surface area contributed by atoms with Crippen LogP contribution < -0.4 is 15.4 Å². The Labute approximate surface area is 137 Å². The van der Waals surface area contributed by atoms with E-state index in [9.17, 15) is 4.79 Å². The van der Waals surface area contributed by atoms with E-state index in [0.29, 0.717) is 18.7 Å². The molecule has 0 bridgehead atoms. The molecule has 2 aromatic carbocycles. The van der Waals surface area contributed by atoms with E-state index in [2.05, 4.69) is 10.6 Å². The highest BCUT2D eigenvalue weighted by molar-refractivity contribution is 5.94. The van der Waals surface area contributed by atoms with Gasteiger partial charge in [-0.3, -0.25) is 4.79 Å². The Morgan fingerprint density at radius 3 is 2.57 bits per heavy atom. The van der Waals surface area contributed by atoms with Crippen LogP contribution in [0.2, 0.25) is 0 Å². The van der Waals surface area contributed by atoms with Gasteiger partial charge in [0.2, 0.25) is 0 Å².